The third-order valence-corrected chi connectivity index (χ3v) is 4.54. The van der Waals surface area contributed by atoms with Crippen molar-refractivity contribution >= 4 is 38.0 Å². The second kappa shape index (κ2) is 4.61. The van der Waals surface area contributed by atoms with Gasteiger partial charge in [-0.15, -0.1) is 0 Å². The van der Waals surface area contributed by atoms with Crippen molar-refractivity contribution in [1.29, 1.82) is 0 Å². The minimum Gasteiger partial charge on any atom is -0.278 e. The Morgan fingerprint density at radius 3 is 2.20 bits per heavy atom. The minimum absolute atomic E-state index is 0.104. The Hall–Kier alpha value is -2.40. The first kappa shape index (κ1) is 12.6. The highest BCUT2D eigenvalue weighted by Gasteiger charge is 2.16. The Balaban J connectivity index is 2.39. The Labute approximate surface area is 116 Å². The van der Waals surface area contributed by atoms with Gasteiger partial charge in [0.15, 0.2) is 0 Å². The maximum Gasteiger partial charge on any atom is 0.264 e. The van der Waals surface area contributed by atoms with Gasteiger partial charge in [0.25, 0.3) is 10.0 Å². The molecule has 5 heteroatoms. The molecule has 0 atom stereocenters. The first-order valence-electron chi connectivity index (χ1n) is 5.99. The highest BCUT2D eigenvalue weighted by atomic mass is 32.2. The lowest BCUT2D eigenvalue weighted by Crippen LogP contribution is -2.21. The molecule has 0 unspecified atom stereocenters. The lowest BCUT2D eigenvalue weighted by Gasteiger charge is -2.08. The van der Waals surface area contributed by atoms with Crippen LogP contribution >= 0.6 is 0 Å². The Morgan fingerprint density at radius 2 is 1.50 bits per heavy atom. The summed E-state index contributed by atoms with van der Waals surface area (Å²) in [6, 6.07) is 16.5. The quantitative estimate of drug-likeness (QED) is 0.594. The van der Waals surface area contributed by atoms with Crippen LogP contribution in [0.2, 0.25) is 0 Å². The summed E-state index contributed by atoms with van der Waals surface area (Å²) in [5.74, 6) is 0. The zero-order valence-electron chi connectivity index (χ0n) is 10.4. The molecule has 0 saturated carbocycles. The van der Waals surface area contributed by atoms with Crippen molar-refractivity contribution < 1.29 is 13.2 Å². The molecule has 0 bridgehead atoms. The zero-order chi connectivity index (χ0) is 14.2. The summed E-state index contributed by atoms with van der Waals surface area (Å²) in [4.78, 5) is 10.6. The van der Waals surface area contributed by atoms with E-state index in [1.807, 2.05) is 47.2 Å². The summed E-state index contributed by atoms with van der Waals surface area (Å²) in [5, 5.41) is 3.41. The Morgan fingerprint density at radius 1 is 0.850 bits per heavy atom. The van der Waals surface area contributed by atoms with Gasteiger partial charge in [0.05, 0.1) is 4.90 Å². The summed E-state index contributed by atoms with van der Waals surface area (Å²) < 4.78 is 25.9. The molecule has 0 aromatic heterocycles. The topological polar surface area (TPSA) is 63.2 Å². The van der Waals surface area contributed by atoms with E-state index in [9.17, 15) is 13.2 Å². The molecule has 3 aromatic carbocycles. The van der Waals surface area contributed by atoms with E-state index >= 15 is 0 Å². The van der Waals surface area contributed by atoms with Gasteiger partial charge < -0.3 is 0 Å². The molecule has 0 heterocycles. The van der Waals surface area contributed by atoms with Gasteiger partial charge in [-0.2, -0.15) is 0 Å². The number of rotatable bonds is 3. The van der Waals surface area contributed by atoms with Gasteiger partial charge in [0.2, 0.25) is 6.41 Å². The average molecular weight is 285 g/mol. The molecule has 0 aliphatic rings. The smallest absolute Gasteiger partial charge is 0.264 e. The van der Waals surface area contributed by atoms with E-state index in [1.54, 1.807) is 6.07 Å². The summed E-state index contributed by atoms with van der Waals surface area (Å²) >= 11 is 0. The van der Waals surface area contributed by atoms with Crippen molar-refractivity contribution in [3.63, 3.8) is 0 Å². The number of hydrogen-bond donors (Lipinski definition) is 1. The molecule has 0 fully saturated rings. The SMILES string of the molecule is O=CNS(=O)(=O)c1cccc2cc3ccccc3cc12. The second-order valence-electron chi connectivity index (χ2n) is 4.42. The van der Waals surface area contributed by atoms with Crippen LogP contribution in [0.4, 0.5) is 0 Å². The number of benzene rings is 3. The summed E-state index contributed by atoms with van der Waals surface area (Å²) in [6.45, 7) is 0. The van der Waals surface area contributed by atoms with Crippen molar-refractivity contribution in [1.82, 2.24) is 4.72 Å². The molecule has 1 N–H and O–H groups in total. The van der Waals surface area contributed by atoms with Crippen molar-refractivity contribution in [2.45, 2.75) is 4.90 Å². The fourth-order valence-corrected chi connectivity index (χ4v) is 3.28. The van der Waals surface area contributed by atoms with Gasteiger partial charge in [-0.05, 0) is 34.4 Å². The van der Waals surface area contributed by atoms with Crippen LogP contribution in [0.5, 0.6) is 0 Å². The van der Waals surface area contributed by atoms with Gasteiger partial charge in [0.1, 0.15) is 0 Å². The number of hydrogen-bond acceptors (Lipinski definition) is 3. The maximum atomic E-state index is 12.0. The predicted octanol–water partition coefficient (Wildman–Crippen LogP) is 2.43. The third-order valence-electron chi connectivity index (χ3n) is 3.20. The maximum absolute atomic E-state index is 12.0. The van der Waals surface area contributed by atoms with Gasteiger partial charge in [-0.3, -0.25) is 9.52 Å². The third kappa shape index (κ3) is 2.02. The van der Waals surface area contributed by atoms with E-state index in [0.29, 0.717) is 5.39 Å². The molecular weight excluding hydrogens is 274 g/mol. The van der Waals surface area contributed by atoms with Crippen LogP contribution in [0.25, 0.3) is 21.5 Å². The van der Waals surface area contributed by atoms with Crippen molar-refractivity contribution in [2.24, 2.45) is 0 Å². The van der Waals surface area contributed by atoms with Crippen molar-refractivity contribution in [2.75, 3.05) is 0 Å². The Kier molecular flexibility index (Phi) is 2.91. The van der Waals surface area contributed by atoms with Crippen LogP contribution in [0, 0.1) is 0 Å². The molecule has 0 aliphatic heterocycles. The highest BCUT2D eigenvalue weighted by molar-refractivity contribution is 7.90. The molecule has 0 radical (unpaired) electrons. The second-order valence-corrected chi connectivity index (χ2v) is 6.10. The van der Waals surface area contributed by atoms with Gasteiger partial charge in [0, 0.05) is 5.39 Å². The van der Waals surface area contributed by atoms with Crippen LogP contribution in [-0.2, 0) is 14.8 Å². The van der Waals surface area contributed by atoms with E-state index in [0.717, 1.165) is 16.2 Å². The summed E-state index contributed by atoms with van der Waals surface area (Å²) in [5.41, 5.74) is 0. The molecule has 3 aromatic rings. The standard InChI is InChI=1S/C15H11NO3S/c17-10-16-20(18,19)15-7-3-6-13-8-11-4-1-2-5-12(11)9-14(13)15/h1-10H,(H,16,17). The average Bonchev–Trinajstić information content (AvgIpc) is 2.44. The molecule has 20 heavy (non-hydrogen) atoms. The van der Waals surface area contributed by atoms with E-state index in [-0.39, 0.29) is 11.3 Å². The first-order valence-corrected chi connectivity index (χ1v) is 7.48. The normalized spacial score (nSPS) is 11.6. The van der Waals surface area contributed by atoms with Crippen LogP contribution in [0.1, 0.15) is 0 Å². The number of carbonyl (C=O) groups is 1. The zero-order valence-corrected chi connectivity index (χ0v) is 11.2. The van der Waals surface area contributed by atoms with E-state index in [1.165, 1.54) is 6.07 Å². The number of amides is 1. The van der Waals surface area contributed by atoms with E-state index in [2.05, 4.69) is 0 Å². The van der Waals surface area contributed by atoms with E-state index < -0.39 is 10.0 Å². The van der Waals surface area contributed by atoms with Gasteiger partial charge in [-0.1, -0.05) is 36.4 Å². The van der Waals surface area contributed by atoms with Crippen molar-refractivity contribution in [3.8, 4) is 0 Å². The van der Waals surface area contributed by atoms with Crippen LogP contribution in [0.3, 0.4) is 0 Å². The van der Waals surface area contributed by atoms with Crippen LogP contribution in [0.15, 0.2) is 59.5 Å². The van der Waals surface area contributed by atoms with Gasteiger partial charge in [-0.25, -0.2) is 8.42 Å². The molecule has 0 aliphatic carbocycles. The van der Waals surface area contributed by atoms with E-state index in [4.69, 9.17) is 0 Å². The van der Waals surface area contributed by atoms with Crippen LogP contribution in [-0.4, -0.2) is 14.8 Å². The molecule has 0 spiro atoms. The largest absolute Gasteiger partial charge is 0.278 e. The summed E-state index contributed by atoms with van der Waals surface area (Å²) in [7, 11) is -3.82. The fourth-order valence-electron chi connectivity index (χ4n) is 2.30. The number of nitrogens with one attached hydrogen (secondary N) is 1. The molecule has 1 amide bonds. The molecule has 3 rings (SSSR count). The van der Waals surface area contributed by atoms with Crippen LogP contribution < -0.4 is 4.72 Å². The lowest BCUT2D eigenvalue weighted by molar-refractivity contribution is -0.108. The minimum atomic E-state index is -3.82. The molecular formula is C15H11NO3S. The Bertz CT molecular complexity index is 917. The monoisotopic (exact) mass is 285 g/mol. The first-order chi connectivity index (χ1) is 9.62. The summed E-state index contributed by atoms with van der Waals surface area (Å²) in [6.07, 6.45) is 0.176. The number of sulfonamides is 1. The highest BCUT2D eigenvalue weighted by Crippen LogP contribution is 2.27. The fraction of sp³-hybridized carbons (Fsp3) is 0. The molecule has 0 saturated heterocycles. The molecule has 4 nitrogen and oxygen atoms in total. The number of carbonyl (C=O) groups excluding carboxylic acids is 1. The molecule has 100 valence electrons. The van der Waals surface area contributed by atoms with Crippen molar-refractivity contribution in [3.05, 3.63) is 54.6 Å². The van der Waals surface area contributed by atoms with Gasteiger partial charge >= 0.3 is 0 Å². The predicted molar refractivity (Wildman–Crippen MR) is 77.8 cm³/mol. The lowest BCUT2D eigenvalue weighted by atomic mass is 10.0. The number of fused-ring (bicyclic) bond motifs is 2.